The van der Waals surface area contributed by atoms with Crippen LogP contribution in [-0.4, -0.2) is 33.9 Å². The van der Waals surface area contributed by atoms with E-state index in [1.165, 1.54) is 20.3 Å². The van der Waals surface area contributed by atoms with Crippen LogP contribution in [0.4, 0.5) is 4.39 Å². The average molecular weight is 255 g/mol. The van der Waals surface area contributed by atoms with Gasteiger partial charge in [0, 0.05) is 18.7 Å². The van der Waals surface area contributed by atoms with Crippen LogP contribution in [0.5, 0.6) is 11.5 Å². The molecule has 1 aliphatic rings. The summed E-state index contributed by atoms with van der Waals surface area (Å²) in [5.74, 6) is 0.147. The molecule has 0 aromatic heterocycles. The third-order valence-electron chi connectivity index (χ3n) is 3.16. The summed E-state index contributed by atoms with van der Waals surface area (Å²) in [5, 5.41) is 3.23. The summed E-state index contributed by atoms with van der Waals surface area (Å²) < 4.78 is 29.9. The van der Waals surface area contributed by atoms with E-state index in [0.717, 1.165) is 17.7 Å². The number of halogens is 1. The first-order valence-corrected chi connectivity index (χ1v) is 5.92. The molecule has 1 atom stereocenters. The van der Waals surface area contributed by atoms with E-state index in [1.807, 2.05) is 6.92 Å². The fourth-order valence-electron chi connectivity index (χ4n) is 2.26. The van der Waals surface area contributed by atoms with Crippen molar-refractivity contribution in [3.05, 3.63) is 23.0 Å². The number of benzene rings is 1. The molecule has 18 heavy (non-hydrogen) atoms. The van der Waals surface area contributed by atoms with Crippen LogP contribution in [0.15, 0.2) is 6.07 Å². The molecule has 0 radical (unpaired) electrons. The van der Waals surface area contributed by atoms with Crippen LogP contribution in [0.3, 0.4) is 0 Å². The Morgan fingerprint density at radius 3 is 2.61 bits per heavy atom. The molecule has 1 heterocycles. The third-order valence-corrected chi connectivity index (χ3v) is 3.16. The van der Waals surface area contributed by atoms with Gasteiger partial charge in [-0.2, -0.15) is 0 Å². The van der Waals surface area contributed by atoms with E-state index >= 15 is 0 Å². The molecule has 1 N–H and O–H groups in total. The van der Waals surface area contributed by atoms with E-state index in [0.29, 0.717) is 18.9 Å². The van der Waals surface area contributed by atoms with Crippen LogP contribution in [0.1, 0.15) is 17.2 Å². The second kappa shape index (κ2) is 5.54. The number of ether oxygens (including phenoxy) is 3. The molecule has 1 saturated heterocycles. The van der Waals surface area contributed by atoms with Gasteiger partial charge in [-0.3, -0.25) is 0 Å². The number of nitrogens with one attached hydrogen (secondary N) is 1. The Morgan fingerprint density at radius 1 is 1.33 bits per heavy atom. The normalized spacial score (nSPS) is 19.7. The summed E-state index contributed by atoms with van der Waals surface area (Å²) in [5.41, 5.74) is 1.65. The van der Waals surface area contributed by atoms with Crippen LogP contribution < -0.4 is 14.8 Å². The number of morpholine rings is 1. The lowest BCUT2D eigenvalue weighted by molar-refractivity contribution is 0.0269. The van der Waals surface area contributed by atoms with Gasteiger partial charge in [0.05, 0.1) is 26.9 Å². The minimum Gasteiger partial charge on any atom is -0.492 e. The molecule has 1 unspecified atom stereocenters. The molecular weight excluding hydrogens is 237 g/mol. The number of hydrogen-bond donors (Lipinski definition) is 1. The largest absolute Gasteiger partial charge is 0.492 e. The molecule has 5 heteroatoms. The first-order chi connectivity index (χ1) is 8.69. The number of hydrogen-bond acceptors (Lipinski definition) is 4. The molecular formula is C13H18FNO3. The van der Waals surface area contributed by atoms with Gasteiger partial charge in [-0.1, -0.05) is 0 Å². The standard InChI is InChI=1S/C13H18FNO3/c1-8-9(11-7-15-4-5-18-11)6-10(14)13(17-3)12(8)16-2/h6,11,15H,4-5,7H2,1-3H3. The van der Waals surface area contributed by atoms with Crippen LogP contribution in [-0.2, 0) is 4.74 Å². The Balaban J connectivity index is 2.44. The Morgan fingerprint density at radius 2 is 2.06 bits per heavy atom. The van der Waals surface area contributed by atoms with Crippen LogP contribution in [0.2, 0.25) is 0 Å². The predicted octanol–water partition coefficient (Wildman–Crippen LogP) is 1.81. The highest BCUT2D eigenvalue weighted by Crippen LogP contribution is 2.38. The monoisotopic (exact) mass is 255 g/mol. The highest BCUT2D eigenvalue weighted by molar-refractivity contribution is 5.51. The summed E-state index contributed by atoms with van der Waals surface area (Å²) in [6, 6.07) is 1.47. The molecule has 4 nitrogen and oxygen atoms in total. The van der Waals surface area contributed by atoms with Gasteiger partial charge in [0.2, 0.25) is 0 Å². The molecule has 0 bridgehead atoms. The van der Waals surface area contributed by atoms with Crippen LogP contribution in [0, 0.1) is 12.7 Å². The van der Waals surface area contributed by atoms with Gasteiger partial charge in [-0.05, 0) is 18.6 Å². The molecule has 1 fully saturated rings. The number of rotatable bonds is 3. The van der Waals surface area contributed by atoms with E-state index in [4.69, 9.17) is 14.2 Å². The molecule has 0 amide bonds. The SMILES string of the molecule is COc1c(F)cc(C2CNCCO2)c(C)c1OC. The minimum atomic E-state index is -0.427. The zero-order valence-corrected chi connectivity index (χ0v) is 10.9. The summed E-state index contributed by atoms with van der Waals surface area (Å²) in [4.78, 5) is 0. The second-order valence-electron chi connectivity index (χ2n) is 4.20. The summed E-state index contributed by atoms with van der Waals surface area (Å²) in [7, 11) is 2.94. The third kappa shape index (κ3) is 2.28. The zero-order valence-electron chi connectivity index (χ0n) is 10.9. The predicted molar refractivity (Wildman–Crippen MR) is 65.8 cm³/mol. The van der Waals surface area contributed by atoms with E-state index in [-0.39, 0.29) is 11.9 Å². The molecule has 1 aliphatic heterocycles. The van der Waals surface area contributed by atoms with Crippen molar-refractivity contribution in [2.45, 2.75) is 13.0 Å². The highest BCUT2D eigenvalue weighted by Gasteiger charge is 2.24. The summed E-state index contributed by atoms with van der Waals surface area (Å²) >= 11 is 0. The fourth-order valence-corrected chi connectivity index (χ4v) is 2.26. The quantitative estimate of drug-likeness (QED) is 0.894. The van der Waals surface area contributed by atoms with Crippen molar-refractivity contribution in [3.8, 4) is 11.5 Å². The van der Waals surface area contributed by atoms with Gasteiger partial charge in [0.1, 0.15) is 0 Å². The molecule has 2 rings (SSSR count). The van der Waals surface area contributed by atoms with Crippen molar-refractivity contribution < 1.29 is 18.6 Å². The minimum absolute atomic E-state index is 0.141. The first-order valence-electron chi connectivity index (χ1n) is 5.92. The van der Waals surface area contributed by atoms with Crippen molar-refractivity contribution in [1.82, 2.24) is 5.32 Å². The molecule has 0 aliphatic carbocycles. The van der Waals surface area contributed by atoms with Crippen molar-refractivity contribution in [2.24, 2.45) is 0 Å². The van der Waals surface area contributed by atoms with Gasteiger partial charge in [0.25, 0.3) is 0 Å². The highest BCUT2D eigenvalue weighted by atomic mass is 19.1. The molecule has 0 spiro atoms. The Labute approximate surface area is 106 Å². The van der Waals surface area contributed by atoms with Gasteiger partial charge < -0.3 is 19.5 Å². The molecule has 1 aromatic carbocycles. The Kier molecular flexibility index (Phi) is 4.04. The van der Waals surface area contributed by atoms with Crippen molar-refractivity contribution in [1.29, 1.82) is 0 Å². The van der Waals surface area contributed by atoms with Crippen molar-refractivity contribution >= 4 is 0 Å². The second-order valence-corrected chi connectivity index (χ2v) is 4.20. The lowest BCUT2D eigenvalue weighted by Crippen LogP contribution is -2.33. The smallest absolute Gasteiger partial charge is 0.197 e. The summed E-state index contributed by atoms with van der Waals surface area (Å²) in [6.45, 7) is 4.01. The van der Waals surface area contributed by atoms with Gasteiger partial charge in [-0.15, -0.1) is 0 Å². The summed E-state index contributed by atoms with van der Waals surface area (Å²) in [6.07, 6.45) is -0.145. The lowest BCUT2D eigenvalue weighted by atomic mass is 10.0. The molecule has 0 saturated carbocycles. The van der Waals surface area contributed by atoms with E-state index in [1.54, 1.807) is 0 Å². The van der Waals surface area contributed by atoms with E-state index < -0.39 is 5.82 Å². The maximum atomic E-state index is 14.0. The first kappa shape index (κ1) is 13.1. The lowest BCUT2D eigenvalue weighted by Gasteiger charge is -2.26. The van der Waals surface area contributed by atoms with Crippen molar-refractivity contribution in [3.63, 3.8) is 0 Å². The Hall–Kier alpha value is -1.33. The van der Waals surface area contributed by atoms with Gasteiger partial charge in [-0.25, -0.2) is 4.39 Å². The molecule has 100 valence electrons. The van der Waals surface area contributed by atoms with Crippen LogP contribution >= 0.6 is 0 Å². The van der Waals surface area contributed by atoms with Crippen LogP contribution in [0.25, 0.3) is 0 Å². The van der Waals surface area contributed by atoms with E-state index in [2.05, 4.69) is 5.32 Å². The van der Waals surface area contributed by atoms with E-state index in [9.17, 15) is 4.39 Å². The topological polar surface area (TPSA) is 39.7 Å². The zero-order chi connectivity index (χ0) is 13.1. The van der Waals surface area contributed by atoms with Crippen molar-refractivity contribution in [2.75, 3.05) is 33.9 Å². The van der Waals surface area contributed by atoms with Gasteiger partial charge >= 0.3 is 0 Å². The number of methoxy groups -OCH3 is 2. The Bertz CT molecular complexity index is 431. The maximum absolute atomic E-state index is 14.0. The fraction of sp³-hybridized carbons (Fsp3) is 0.538. The molecule has 1 aromatic rings. The average Bonchev–Trinajstić information content (AvgIpc) is 2.41. The van der Waals surface area contributed by atoms with Gasteiger partial charge in [0.15, 0.2) is 17.3 Å². The maximum Gasteiger partial charge on any atom is 0.197 e.